The third-order valence-electron chi connectivity index (χ3n) is 5.07. The van der Waals surface area contributed by atoms with Gasteiger partial charge >= 0.3 is 0 Å². The summed E-state index contributed by atoms with van der Waals surface area (Å²) in [6.07, 6.45) is 2.83. The number of carbonyl (C=O) groups is 1. The minimum Gasteiger partial charge on any atom is -0.368 e. The molecule has 2 heterocycles. The van der Waals surface area contributed by atoms with Crippen LogP contribution in [0.3, 0.4) is 0 Å². The molecule has 4 N–H and O–H groups in total. The molecular formula is C25H18F2N8O. The van der Waals surface area contributed by atoms with Gasteiger partial charge in [0, 0.05) is 17.1 Å². The number of aromatic nitrogens is 4. The number of hydrogen-bond acceptors (Lipinski definition) is 8. The van der Waals surface area contributed by atoms with Crippen LogP contribution in [0.4, 0.5) is 20.5 Å². The first-order valence-corrected chi connectivity index (χ1v) is 10.6. The molecule has 0 aliphatic heterocycles. The minimum absolute atomic E-state index is 0.0590. The summed E-state index contributed by atoms with van der Waals surface area (Å²) in [5.41, 5.74) is 7.18. The monoisotopic (exact) mass is 484 g/mol. The first-order chi connectivity index (χ1) is 17.3. The van der Waals surface area contributed by atoms with E-state index in [0.717, 1.165) is 23.1 Å². The van der Waals surface area contributed by atoms with Gasteiger partial charge in [-0.05, 0) is 42.8 Å². The summed E-state index contributed by atoms with van der Waals surface area (Å²) < 4.78 is 26.8. The molecule has 11 heteroatoms. The van der Waals surface area contributed by atoms with E-state index in [1.54, 1.807) is 25.3 Å². The second-order valence-corrected chi connectivity index (χ2v) is 7.59. The van der Waals surface area contributed by atoms with Gasteiger partial charge in [-0.3, -0.25) is 4.79 Å². The van der Waals surface area contributed by atoms with E-state index >= 15 is 0 Å². The molecular weight excluding hydrogens is 466 g/mol. The maximum absolute atomic E-state index is 13.6. The van der Waals surface area contributed by atoms with Crippen molar-refractivity contribution in [2.75, 3.05) is 17.6 Å². The summed E-state index contributed by atoms with van der Waals surface area (Å²) in [4.78, 5) is 29.1. The third-order valence-corrected chi connectivity index (χ3v) is 5.07. The maximum Gasteiger partial charge on any atom is 0.274 e. The van der Waals surface area contributed by atoms with Crippen molar-refractivity contribution in [3.8, 4) is 17.9 Å². The van der Waals surface area contributed by atoms with Crippen LogP contribution in [0.5, 0.6) is 0 Å². The Morgan fingerprint density at radius 1 is 1.11 bits per heavy atom. The van der Waals surface area contributed by atoms with Crippen LogP contribution in [0.25, 0.3) is 10.9 Å². The van der Waals surface area contributed by atoms with Gasteiger partial charge in [0.25, 0.3) is 5.91 Å². The van der Waals surface area contributed by atoms with E-state index in [0.29, 0.717) is 11.1 Å². The SMILES string of the molecule is CC(NC(=O)c1nc(C#N)cnc1NCC#Cc1ccc2nc(N)ncc2c1)c1ccc(F)c(F)c1. The Bertz CT molecular complexity index is 1570. The standard InChI is InChI=1S/C25H18F2N8O/c1-14(16-5-6-19(26)20(27)10-16)33-24(36)22-23(31-13-18(11-28)34-22)30-8-2-3-15-4-7-21-17(9-15)12-32-25(29)35-21/h4-7,9-10,12-14H,8H2,1H3,(H,30,31)(H,33,36)(H2,29,32,35). The van der Waals surface area contributed by atoms with Crippen molar-refractivity contribution >= 4 is 28.6 Å². The van der Waals surface area contributed by atoms with Crippen LogP contribution in [0.2, 0.25) is 0 Å². The van der Waals surface area contributed by atoms with E-state index in [1.165, 1.54) is 12.3 Å². The molecule has 1 atom stereocenters. The second kappa shape index (κ2) is 10.4. The number of rotatable bonds is 5. The van der Waals surface area contributed by atoms with Gasteiger partial charge in [-0.15, -0.1) is 0 Å². The fourth-order valence-electron chi connectivity index (χ4n) is 3.26. The van der Waals surface area contributed by atoms with E-state index in [-0.39, 0.29) is 29.7 Å². The predicted molar refractivity (Wildman–Crippen MR) is 128 cm³/mol. The van der Waals surface area contributed by atoms with Crippen molar-refractivity contribution in [1.29, 1.82) is 5.26 Å². The number of nitrogen functional groups attached to an aromatic ring is 1. The van der Waals surface area contributed by atoms with Crippen LogP contribution in [-0.2, 0) is 0 Å². The van der Waals surface area contributed by atoms with E-state index in [2.05, 4.69) is 42.4 Å². The van der Waals surface area contributed by atoms with Crippen molar-refractivity contribution < 1.29 is 13.6 Å². The Morgan fingerprint density at radius 3 is 2.72 bits per heavy atom. The highest BCUT2D eigenvalue weighted by atomic mass is 19.2. The van der Waals surface area contributed by atoms with Gasteiger partial charge in [-0.1, -0.05) is 17.9 Å². The van der Waals surface area contributed by atoms with E-state index in [4.69, 9.17) is 11.0 Å². The third kappa shape index (κ3) is 5.48. The first-order valence-electron chi connectivity index (χ1n) is 10.6. The van der Waals surface area contributed by atoms with Crippen LogP contribution in [0.15, 0.2) is 48.8 Å². The maximum atomic E-state index is 13.6. The lowest BCUT2D eigenvalue weighted by Gasteiger charge is -2.15. The Kier molecular flexibility index (Phi) is 6.93. The Balaban J connectivity index is 1.48. The highest BCUT2D eigenvalue weighted by molar-refractivity contribution is 5.97. The molecule has 0 aliphatic rings. The molecule has 36 heavy (non-hydrogen) atoms. The average molecular weight is 484 g/mol. The number of amides is 1. The molecule has 2 aromatic carbocycles. The zero-order chi connectivity index (χ0) is 25.7. The zero-order valence-electron chi connectivity index (χ0n) is 18.9. The summed E-state index contributed by atoms with van der Waals surface area (Å²) in [5.74, 6) is 3.56. The van der Waals surface area contributed by atoms with Gasteiger partial charge < -0.3 is 16.4 Å². The van der Waals surface area contributed by atoms with Gasteiger partial charge in [0.2, 0.25) is 5.95 Å². The molecule has 0 fully saturated rings. The molecule has 9 nitrogen and oxygen atoms in total. The van der Waals surface area contributed by atoms with Gasteiger partial charge in [0.05, 0.1) is 24.3 Å². The van der Waals surface area contributed by atoms with Crippen LogP contribution >= 0.6 is 0 Å². The fourth-order valence-corrected chi connectivity index (χ4v) is 3.26. The number of hydrogen-bond donors (Lipinski definition) is 3. The summed E-state index contributed by atoms with van der Waals surface area (Å²) in [5, 5.41) is 15.5. The average Bonchev–Trinajstić information content (AvgIpc) is 2.88. The van der Waals surface area contributed by atoms with E-state index in [9.17, 15) is 13.6 Å². The van der Waals surface area contributed by atoms with Crippen molar-refractivity contribution in [2.24, 2.45) is 0 Å². The van der Waals surface area contributed by atoms with Crippen LogP contribution in [0, 0.1) is 34.8 Å². The number of halogens is 2. The highest BCUT2D eigenvalue weighted by Crippen LogP contribution is 2.18. The molecule has 1 unspecified atom stereocenters. The summed E-state index contributed by atoms with van der Waals surface area (Å²) in [6, 6.07) is 9.91. The quantitative estimate of drug-likeness (QED) is 0.367. The van der Waals surface area contributed by atoms with Crippen LogP contribution < -0.4 is 16.4 Å². The largest absolute Gasteiger partial charge is 0.368 e. The minimum atomic E-state index is -1.02. The van der Waals surface area contributed by atoms with Crippen molar-refractivity contribution in [3.05, 3.63) is 82.9 Å². The number of nitrogens with two attached hydrogens (primary N) is 1. The molecule has 4 aromatic rings. The lowest BCUT2D eigenvalue weighted by atomic mass is 10.1. The van der Waals surface area contributed by atoms with E-state index in [1.807, 2.05) is 12.1 Å². The van der Waals surface area contributed by atoms with Gasteiger partial charge in [0.1, 0.15) is 6.07 Å². The number of benzene rings is 2. The number of carbonyl (C=O) groups excluding carboxylic acids is 1. The molecule has 0 saturated carbocycles. The Labute approximate surface area is 204 Å². The molecule has 1 amide bonds. The smallest absolute Gasteiger partial charge is 0.274 e. The van der Waals surface area contributed by atoms with Crippen molar-refractivity contribution in [3.63, 3.8) is 0 Å². The predicted octanol–water partition coefficient (Wildman–Crippen LogP) is 3.11. The normalized spacial score (nSPS) is 11.2. The molecule has 0 spiro atoms. The molecule has 4 rings (SSSR count). The second-order valence-electron chi connectivity index (χ2n) is 7.59. The molecule has 0 saturated heterocycles. The van der Waals surface area contributed by atoms with Crippen LogP contribution in [-0.4, -0.2) is 32.4 Å². The Morgan fingerprint density at radius 2 is 1.94 bits per heavy atom. The number of fused-ring (bicyclic) bond motifs is 1. The number of nitrogens with one attached hydrogen (secondary N) is 2. The molecule has 0 radical (unpaired) electrons. The summed E-state index contributed by atoms with van der Waals surface area (Å²) >= 11 is 0. The lowest BCUT2D eigenvalue weighted by molar-refractivity contribution is 0.0935. The van der Waals surface area contributed by atoms with E-state index < -0.39 is 23.6 Å². The fraction of sp³-hybridized carbons (Fsp3) is 0.120. The number of nitrogens with zero attached hydrogens (tertiary/aromatic N) is 5. The van der Waals surface area contributed by atoms with Crippen molar-refractivity contribution in [1.82, 2.24) is 25.3 Å². The highest BCUT2D eigenvalue weighted by Gasteiger charge is 2.19. The number of anilines is 2. The zero-order valence-corrected chi connectivity index (χ0v) is 18.9. The summed E-state index contributed by atoms with van der Waals surface area (Å²) in [7, 11) is 0. The van der Waals surface area contributed by atoms with Gasteiger partial charge in [-0.25, -0.2) is 28.7 Å². The van der Waals surface area contributed by atoms with Gasteiger partial charge in [0.15, 0.2) is 28.8 Å². The molecule has 0 aliphatic carbocycles. The molecule has 178 valence electrons. The van der Waals surface area contributed by atoms with Crippen molar-refractivity contribution in [2.45, 2.75) is 13.0 Å². The van der Waals surface area contributed by atoms with Gasteiger partial charge in [-0.2, -0.15) is 5.26 Å². The Hall–Kier alpha value is -5.16. The number of nitriles is 1. The first kappa shape index (κ1) is 24.0. The summed E-state index contributed by atoms with van der Waals surface area (Å²) in [6.45, 7) is 1.73. The molecule has 2 aromatic heterocycles. The lowest BCUT2D eigenvalue weighted by Crippen LogP contribution is -2.29. The van der Waals surface area contributed by atoms with Crippen LogP contribution in [0.1, 0.15) is 40.3 Å². The molecule has 0 bridgehead atoms. The topological polar surface area (TPSA) is 142 Å².